The number of nitrogens with zero attached hydrogens (tertiary/aromatic N) is 4. The first-order chi connectivity index (χ1) is 17.5. The van der Waals surface area contributed by atoms with Gasteiger partial charge in [-0.15, -0.1) is 10.2 Å². The van der Waals surface area contributed by atoms with Crippen LogP contribution in [0.2, 0.25) is 0 Å². The molecule has 37 heavy (non-hydrogen) atoms. The van der Waals surface area contributed by atoms with E-state index in [4.69, 9.17) is 27.4 Å². The number of azo groups is 1. The topological polar surface area (TPSA) is 159 Å². The van der Waals surface area contributed by atoms with Gasteiger partial charge in [0.2, 0.25) is 5.91 Å². The molecule has 0 saturated heterocycles. The van der Waals surface area contributed by atoms with E-state index in [9.17, 15) is 19.6 Å². The van der Waals surface area contributed by atoms with E-state index >= 15 is 0 Å². The fourth-order valence-corrected chi connectivity index (χ4v) is 2.89. The molecular formula is C25H30N6O5S. The maximum Gasteiger partial charge on any atom is 0.330 e. The van der Waals surface area contributed by atoms with E-state index in [1.54, 1.807) is 36.9 Å². The van der Waals surface area contributed by atoms with Gasteiger partial charge in [0.1, 0.15) is 30.5 Å². The Bertz CT molecular complexity index is 1120. The second kappa shape index (κ2) is 15.6. The Balaban J connectivity index is 3.35. The number of thiocarbonyl (C=S) groups is 1. The van der Waals surface area contributed by atoms with Gasteiger partial charge >= 0.3 is 11.9 Å². The summed E-state index contributed by atoms with van der Waals surface area (Å²) in [5.74, 6) is -1.74. The van der Waals surface area contributed by atoms with Crippen molar-refractivity contribution in [2.24, 2.45) is 21.9 Å². The molecule has 11 nitrogen and oxygen atoms in total. The molecule has 12 heteroatoms. The highest BCUT2D eigenvalue weighted by Crippen LogP contribution is 2.31. The van der Waals surface area contributed by atoms with Crippen molar-refractivity contribution >= 4 is 52.1 Å². The number of benzene rings is 1. The second-order valence-electron chi connectivity index (χ2n) is 7.75. The van der Waals surface area contributed by atoms with Crippen LogP contribution in [0.4, 0.5) is 17.1 Å². The molecule has 0 heterocycles. The van der Waals surface area contributed by atoms with E-state index in [1.807, 2.05) is 6.07 Å². The minimum absolute atomic E-state index is 0.0254. The lowest BCUT2D eigenvalue weighted by Gasteiger charge is -2.25. The number of allylic oxidation sites excluding steroid dienone is 1. The van der Waals surface area contributed by atoms with Crippen LogP contribution >= 0.6 is 12.2 Å². The highest BCUT2D eigenvalue weighted by atomic mass is 32.1. The molecule has 3 N–H and O–H groups in total. The largest absolute Gasteiger partial charge is 0.461 e. The third kappa shape index (κ3) is 10.4. The number of hydrogen-bond donors (Lipinski definition) is 2. The Kier molecular flexibility index (Phi) is 12.9. The van der Waals surface area contributed by atoms with Crippen LogP contribution in [0.1, 0.15) is 20.8 Å². The van der Waals surface area contributed by atoms with Crippen LogP contribution in [0.15, 0.2) is 65.0 Å². The molecule has 1 amide bonds. The van der Waals surface area contributed by atoms with Gasteiger partial charge < -0.3 is 25.4 Å². The predicted octanol–water partition coefficient (Wildman–Crippen LogP) is 3.71. The fourth-order valence-electron chi connectivity index (χ4n) is 2.64. The monoisotopic (exact) mass is 526 g/mol. The minimum Gasteiger partial charge on any atom is -0.461 e. The van der Waals surface area contributed by atoms with E-state index < -0.39 is 11.9 Å². The van der Waals surface area contributed by atoms with Gasteiger partial charge in [-0.25, -0.2) is 9.59 Å². The van der Waals surface area contributed by atoms with Gasteiger partial charge in [0.05, 0.1) is 18.8 Å². The molecule has 0 aliphatic carbocycles. The van der Waals surface area contributed by atoms with E-state index in [-0.39, 0.29) is 60.1 Å². The molecule has 0 aromatic heterocycles. The zero-order valence-electron chi connectivity index (χ0n) is 21.0. The third-order valence-corrected chi connectivity index (χ3v) is 4.93. The summed E-state index contributed by atoms with van der Waals surface area (Å²) >= 11 is 5.13. The molecule has 0 atom stereocenters. The van der Waals surface area contributed by atoms with Crippen LogP contribution < -0.4 is 16.0 Å². The van der Waals surface area contributed by atoms with Gasteiger partial charge in [-0.1, -0.05) is 39.2 Å². The summed E-state index contributed by atoms with van der Waals surface area (Å²) in [6, 6.07) is 6.83. The zero-order chi connectivity index (χ0) is 28.0. The van der Waals surface area contributed by atoms with Crippen molar-refractivity contribution in [1.29, 1.82) is 5.26 Å². The summed E-state index contributed by atoms with van der Waals surface area (Å²) in [6.07, 6.45) is 2.11. The molecule has 0 unspecified atom stereocenters. The Labute approximate surface area is 221 Å². The van der Waals surface area contributed by atoms with Gasteiger partial charge in [0.15, 0.2) is 4.99 Å². The summed E-state index contributed by atoms with van der Waals surface area (Å²) < 4.78 is 10.2. The van der Waals surface area contributed by atoms with Gasteiger partial charge in [0, 0.05) is 29.5 Å². The molecule has 1 aromatic rings. The SMILES string of the molecule is C=CC(=O)OCCN(CCOC(=O)C=C)c1ccc(N=NC(=S)C(C#N)=C(C)N)c(NC(=O)C(C)C)c1. The molecule has 0 radical (unpaired) electrons. The number of carbonyl (C=O) groups excluding carboxylic acids is 3. The number of nitriles is 1. The van der Waals surface area contributed by atoms with Crippen LogP contribution in [-0.4, -0.2) is 49.1 Å². The molecule has 0 aliphatic rings. The van der Waals surface area contributed by atoms with Gasteiger partial charge in [0.25, 0.3) is 0 Å². The molecule has 0 fully saturated rings. The van der Waals surface area contributed by atoms with E-state index in [0.717, 1.165) is 12.2 Å². The molecular weight excluding hydrogens is 496 g/mol. The standard InChI is InChI=1S/C25H30N6O5S/c1-6-22(32)35-12-10-31(11-13-36-23(33)7-2)18-8-9-20(21(14-18)28-24(34)16(3)4)29-30-25(37)19(15-26)17(5)27/h6-9,14,16H,1-2,10-13,27H2,3-5H3,(H,28,34). The van der Waals surface area contributed by atoms with Crippen LogP contribution in [0.3, 0.4) is 0 Å². The first-order valence-electron chi connectivity index (χ1n) is 11.1. The number of anilines is 2. The van der Waals surface area contributed by atoms with Gasteiger partial charge in [-0.2, -0.15) is 5.26 Å². The predicted molar refractivity (Wildman–Crippen MR) is 144 cm³/mol. The summed E-state index contributed by atoms with van der Waals surface area (Å²) in [6.45, 7) is 12.3. The van der Waals surface area contributed by atoms with Crippen LogP contribution in [-0.2, 0) is 23.9 Å². The van der Waals surface area contributed by atoms with E-state index in [2.05, 4.69) is 28.7 Å². The maximum atomic E-state index is 12.5. The molecule has 196 valence electrons. The van der Waals surface area contributed by atoms with Crippen molar-refractivity contribution in [2.75, 3.05) is 36.5 Å². The molecule has 0 spiro atoms. The Morgan fingerprint density at radius 3 is 2.22 bits per heavy atom. The zero-order valence-corrected chi connectivity index (χ0v) is 21.8. The van der Waals surface area contributed by atoms with Crippen LogP contribution in [0.5, 0.6) is 0 Å². The van der Waals surface area contributed by atoms with E-state index in [0.29, 0.717) is 11.4 Å². The van der Waals surface area contributed by atoms with Crippen molar-refractivity contribution in [3.05, 3.63) is 54.8 Å². The number of esters is 2. The number of carbonyl (C=O) groups is 3. The number of nitrogens with one attached hydrogen (secondary N) is 1. The third-order valence-electron chi connectivity index (χ3n) is 4.64. The Hall–Kier alpha value is -4.37. The van der Waals surface area contributed by atoms with Crippen molar-refractivity contribution in [2.45, 2.75) is 20.8 Å². The molecule has 0 bridgehead atoms. The van der Waals surface area contributed by atoms with Crippen molar-refractivity contribution in [1.82, 2.24) is 0 Å². The molecule has 1 aromatic carbocycles. The summed E-state index contributed by atoms with van der Waals surface area (Å²) in [5, 5.41) is 20.1. The fraction of sp³-hybridized carbons (Fsp3) is 0.320. The first-order valence-corrected chi connectivity index (χ1v) is 11.6. The highest BCUT2D eigenvalue weighted by Gasteiger charge is 2.15. The number of rotatable bonds is 13. The van der Waals surface area contributed by atoms with Crippen LogP contribution in [0.25, 0.3) is 0 Å². The minimum atomic E-state index is -0.576. The van der Waals surface area contributed by atoms with Crippen molar-refractivity contribution < 1.29 is 23.9 Å². The molecule has 0 saturated carbocycles. The Morgan fingerprint density at radius 1 is 1.19 bits per heavy atom. The summed E-state index contributed by atoms with van der Waals surface area (Å²) in [7, 11) is 0. The van der Waals surface area contributed by atoms with E-state index in [1.165, 1.54) is 6.92 Å². The summed E-state index contributed by atoms with van der Waals surface area (Å²) in [5.41, 5.74) is 7.12. The van der Waals surface area contributed by atoms with Gasteiger partial charge in [-0.3, -0.25) is 4.79 Å². The lowest BCUT2D eigenvalue weighted by molar-refractivity contribution is -0.137. The average molecular weight is 527 g/mol. The number of nitrogens with two attached hydrogens (primary N) is 1. The normalized spacial score (nSPS) is 11.2. The number of hydrogen-bond acceptors (Lipinski definition) is 10. The lowest BCUT2D eigenvalue weighted by atomic mass is 10.1. The lowest BCUT2D eigenvalue weighted by Crippen LogP contribution is -2.32. The quantitative estimate of drug-likeness (QED) is 0.128. The van der Waals surface area contributed by atoms with Crippen molar-refractivity contribution in [3.8, 4) is 6.07 Å². The molecule has 1 rings (SSSR count). The second-order valence-corrected chi connectivity index (χ2v) is 8.14. The molecule has 0 aliphatic heterocycles. The van der Waals surface area contributed by atoms with Crippen molar-refractivity contribution in [3.63, 3.8) is 0 Å². The number of ether oxygens (including phenoxy) is 2. The smallest absolute Gasteiger partial charge is 0.330 e. The average Bonchev–Trinajstić information content (AvgIpc) is 2.86. The van der Waals surface area contributed by atoms with Gasteiger partial charge in [-0.05, 0) is 25.1 Å². The number of amides is 1. The first kappa shape index (κ1) is 30.7. The maximum absolute atomic E-state index is 12.5. The van der Waals surface area contributed by atoms with Crippen LogP contribution in [0, 0.1) is 17.2 Å². The highest BCUT2D eigenvalue weighted by molar-refractivity contribution is 7.80. The summed E-state index contributed by atoms with van der Waals surface area (Å²) in [4.78, 5) is 37.0. The Morgan fingerprint density at radius 2 is 1.76 bits per heavy atom.